The zero-order valence-electron chi connectivity index (χ0n) is 18.5. The molecular weight excluding hydrogens is 342 g/mol. The van der Waals surface area contributed by atoms with E-state index >= 15 is 0 Å². The number of fused-ring (bicyclic) bond motifs is 1. The van der Waals surface area contributed by atoms with E-state index in [4.69, 9.17) is 0 Å². The van der Waals surface area contributed by atoms with Crippen molar-refractivity contribution >= 4 is 0 Å². The summed E-state index contributed by atoms with van der Waals surface area (Å²) < 4.78 is 0. The van der Waals surface area contributed by atoms with Crippen molar-refractivity contribution in [2.75, 3.05) is 13.1 Å². The van der Waals surface area contributed by atoms with Gasteiger partial charge in [0.25, 0.3) is 0 Å². The van der Waals surface area contributed by atoms with Gasteiger partial charge in [-0.15, -0.1) is 0 Å². The maximum Gasteiger partial charge on any atom is 0.0577 e. The molecule has 28 heavy (non-hydrogen) atoms. The molecule has 0 spiro atoms. The van der Waals surface area contributed by atoms with E-state index in [2.05, 4.69) is 30.9 Å². The Kier molecular flexibility index (Phi) is 6.67. The Labute approximate surface area is 173 Å². The van der Waals surface area contributed by atoms with Crippen LogP contribution in [0.5, 0.6) is 0 Å². The van der Waals surface area contributed by atoms with Gasteiger partial charge in [0, 0.05) is 6.04 Å². The molecular formula is C26H43NO. The summed E-state index contributed by atoms with van der Waals surface area (Å²) in [5.41, 5.74) is 3.75. The van der Waals surface area contributed by atoms with Crippen molar-refractivity contribution < 1.29 is 5.11 Å². The van der Waals surface area contributed by atoms with Crippen LogP contribution in [0.25, 0.3) is 0 Å². The molecule has 4 fully saturated rings. The molecule has 0 radical (unpaired) electrons. The highest BCUT2D eigenvalue weighted by Crippen LogP contribution is 2.58. The fourth-order valence-corrected chi connectivity index (χ4v) is 7.08. The van der Waals surface area contributed by atoms with E-state index in [1.54, 1.807) is 5.57 Å². The number of aliphatic hydroxyl groups excluding tert-OH is 1. The predicted octanol–water partition coefficient (Wildman–Crippen LogP) is 6.26. The fourth-order valence-electron chi connectivity index (χ4n) is 7.08. The molecule has 2 heteroatoms. The minimum absolute atomic E-state index is 0.0944. The van der Waals surface area contributed by atoms with Crippen LogP contribution in [0.2, 0.25) is 0 Å². The normalized spacial score (nSPS) is 42.8. The van der Waals surface area contributed by atoms with Crippen molar-refractivity contribution in [3.8, 4) is 0 Å². The number of rotatable bonds is 4. The van der Waals surface area contributed by atoms with Crippen LogP contribution in [0, 0.1) is 17.3 Å². The van der Waals surface area contributed by atoms with Gasteiger partial charge in [-0.1, -0.05) is 36.6 Å². The SMILES string of the molecule is CC1CCCCN1CC[C@H]1CCC2/C(=C/C=C3/CCC[C@H](O)C3)CCCC21C. The first kappa shape index (κ1) is 20.7. The maximum absolute atomic E-state index is 9.96. The lowest BCUT2D eigenvalue weighted by atomic mass is 9.63. The van der Waals surface area contributed by atoms with Crippen LogP contribution in [0.15, 0.2) is 23.3 Å². The highest BCUT2D eigenvalue weighted by atomic mass is 16.3. The molecule has 2 nitrogen and oxygen atoms in total. The molecule has 0 amide bonds. The molecule has 1 N–H and O–H groups in total. The Bertz CT molecular complexity index is 593. The summed E-state index contributed by atoms with van der Waals surface area (Å²) in [5, 5.41) is 9.96. The molecule has 0 aromatic heterocycles. The second-order valence-corrected chi connectivity index (χ2v) is 10.7. The first-order valence-electron chi connectivity index (χ1n) is 12.4. The monoisotopic (exact) mass is 385 g/mol. The number of nitrogens with zero attached hydrogens (tertiary/aromatic N) is 1. The van der Waals surface area contributed by atoms with Crippen molar-refractivity contribution in [1.82, 2.24) is 4.90 Å². The predicted molar refractivity (Wildman–Crippen MR) is 118 cm³/mol. The molecule has 0 bridgehead atoms. The Morgan fingerprint density at radius 1 is 1.04 bits per heavy atom. The van der Waals surface area contributed by atoms with E-state index in [9.17, 15) is 5.11 Å². The molecule has 3 unspecified atom stereocenters. The van der Waals surface area contributed by atoms with E-state index in [-0.39, 0.29) is 6.10 Å². The van der Waals surface area contributed by atoms with Crippen LogP contribution in [-0.4, -0.2) is 35.2 Å². The molecule has 4 rings (SSSR count). The summed E-state index contributed by atoms with van der Waals surface area (Å²) in [5.74, 6) is 1.73. The summed E-state index contributed by atoms with van der Waals surface area (Å²) in [7, 11) is 0. The van der Waals surface area contributed by atoms with Gasteiger partial charge in [-0.25, -0.2) is 0 Å². The maximum atomic E-state index is 9.96. The van der Waals surface area contributed by atoms with Crippen LogP contribution >= 0.6 is 0 Å². The number of likely N-dealkylation sites (tertiary alicyclic amines) is 1. The average Bonchev–Trinajstić information content (AvgIpc) is 3.02. The minimum Gasteiger partial charge on any atom is -0.393 e. The van der Waals surface area contributed by atoms with Crippen molar-refractivity contribution in [3.05, 3.63) is 23.3 Å². The van der Waals surface area contributed by atoms with E-state index < -0.39 is 0 Å². The van der Waals surface area contributed by atoms with E-state index in [1.807, 2.05) is 0 Å². The fraction of sp³-hybridized carbons (Fsp3) is 0.846. The van der Waals surface area contributed by atoms with Gasteiger partial charge in [0.05, 0.1) is 6.10 Å². The van der Waals surface area contributed by atoms with Crippen molar-refractivity contribution in [2.45, 2.75) is 109 Å². The third kappa shape index (κ3) is 4.43. The van der Waals surface area contributed by atoms with Crippen molar-refractivity contribution in [3.63, 3.8) is 0 Å². The van der Waals surface area contributed by atoms with Gasteiger partial charge in [-0.05, 0) is 114 Å². The van der Waals surface area contributed by atoms with E-state index in [0.29, 0.717) is 5.41 Å². The summed E-state index contributed by atoms with van der Waals surface area (Å²) >= 11 is 0. The number of allylic oxidation sites excluding steroid dienone is 3. The largest absolute Gasteiger partial charge is 0.393 e. The molecule has 0 aromatic rings. The van der Waals surface area contributed by atoms with Crippen LogP contribution in [0.1, 0.15) is 97.3 Å². The Morgan fingerprint density at radius 2 is 1.93 bits per heavy atom. The van der Waals surface area contributed by atoms with Gasteiger partial charge in [0.15, 0.2) is 0 Å². The van der Waals surface area contributed by atoms with Crippen LogP contribution in [-0.2, 0) is 0 Å². The van der Waals surface area contributed by atoms with Crippen LogP contribution in [0.4, 0.5) is 0 Å². The smallest absolute Gasteiger partial charge is 0.0577 e. The van der Waals surface area contributed by atoms with Gasteiger partial charge in [0.2, 0.25) is 0 Å². The van der Waals surface area contributed by atoms with Crippen molar-refractivity contribution in [1.29, 1.82) is 0 Å². The molecule has 1 heterocycles. The summed E-state index contributed by atoms with van der Waals surface area (Å²) in [6.45, 7) is 7.72. The zero-order valence-corrected chi connectivity index (χ0v) is 18.5. The lowest BCUT2D eigenvalue weighted by Gasteiger charge is -2.43. The standard InChI is InChI=1S/C26H43NO/c1-20-7-3-4-17-27(20)18-15-23-13-14-25-22(9-6-16-26(23,25)2)12-11-21-8-5-10-24(28)19-21/h11-12,20,23-25,28H,3-10,13-19H2,1-2H3/b21-11-,22-12+/t20?,23-,24+,25?,26?/m1/s1. The highest BCUT2D eigenvalue weighted by molar-refractivity contribution is 5.25. The third-order valence-corrected chi connectivity index (χ3v) is 8.93. The van der Waals surface area contributed by atoms with Crippen LogP contribution < -0.4 is 0 Å². The topological polar surface area (TPSA) is 23.5 Å². The lowest BCUT2D eigenvalue weighted by molar-refractivity contribution is 0.0982. The third-order valence-electron chi connectivity index (χ3n) is 8.93. The molecule has 5 atom stereocenters. The Hall–Kier alpha value is -0.600. The van der Waals surface area contributed by atoms with Crippen LogP contribution in [0.3, 0.4) is 0 Å². The summed E-state index contributed by atoms with van der Waals surface area (Å²) in [6, 6.07) is 0.804. The van der Waals surface area contributed by atoms with E-state index in [0.717, 1.165) is 37.1 Å². The number of piperidine rings is 1. The lowest BCUT2D eigenvalue weighted by Crippen LogP contribution is -2.40. The molecule has 158 valence electrons. The molecule has 1 saturated heterocycles. The second-order valence-electron chi connectivity index (χ2n) is 10.7. The average molecular weight is 386 g/mol. The number of hydrogen-bond acceptors (Lipinski definition) is 2. The highest BCUT2D eigenvalue weighted by Gasteiger charge is 2.48. The number of aliphatic hydroxyl groups is 1. The quantitative estimate of drug-likeness (QED) is 0.618. The molecule has 3 aliphatic carbocycles. The summed E-state index contributed by atoms with van der Waals surface area (Å²) in [4.78, 5) is 2.78. The first-order valence-corrected chi connectivity index (χ1v) is 12.4. The summed E-state index contributed by atoms with van der Waals surface area (Å²) in [6.07, 6.45) is 21.7. The zero-order chi connectivity index (χ0) is 19.6. The molecule has 0 aromatic carbocycles. The van der Waals surface area contributed by atoms with Gasteiger partial charge in [-0.2, -0.15) is 0 Å². The van der Waals surface area contributed by atoms with Crippen molar-refractivity contribution in [2.24, 2.45) is 17.3 Å². The van der Waals surface area contributed by atoms with Gasteiger partial charge >= 0.3 is 0 Å². The minimum atomic E-state index is -0.0944. The Balaban J connectivity index is 1.40. The van der Waals surface area contributed by atoms with Gasteiger partial charge in [-0.3, -0.25) is 0 Å². The first-order chi connectivity index (χ1) is 13.6. The Morgan fingerprint density at radius 3 is 2.75 bits per heavy atom. The molecule has 1 aliphatic heterocycles. The van der Waals surface area contributed by atoms with E-state index in [1.165, 1.54) is 82.9 Å². The molecule has 3 saturated carbocycles. The number of hydrogen-bond donors (Lipinski definition) is 1. The second kappa shape index (κ2) is 9.04. The molecule has 4 aliphatic rings. The van der Waals surface area contributed by atoms with Gasteiger partial charge < -0.3 is 10.0 Å². The van der Waals surface area contributed by atoms with Gasteiger partial charge in [0.1, 0.15) is 0 Å².